The Morgan fingerprint density at radius 3 is 1.08 bits per heavy atom. The van der Waals surface area contributed by atoms with E-state index in [2.05, 4.69) is 27.0 Å². The van der Waals surface area contributed by atoms with E-state index in [1.165, 1.54) is 69.4 Å². The van der Waals surface area contributed by atoms with Gasteiger partial charge in [-0.2, -0.15) is 0 Å². The molecular weight excluding hydrogens is 1130 g/mol. The van der Waals surface area contributed by atoms with E-state index in [1.807, 2.05) is 0 Å². The molecule has 25 heteroatoms. The van der Waals surface area contributed by atoms with Gasteiger partial charge in [-0.3, -0.25) is 38.4 Å². The number of ether oxygens (including phenoxy) is 2. The van der Waals surface area contributed by atoms with E-state index >= 15 is 0 Å². The molecule has 0 aliphatic rings. The second-order valence-corrected chi connectivity index (χ2v) is 22.6. The average molecular weight is 1220 g/mol. The molecule has 4 aromatic rings. The summed E-state index contributed by atoms with van der Waals surface area (Å²) < 4.78 is 10.4. The summed E-state index contributed by atoms with van der Waals surface area (Å²) in [6, 6.07) is 20.1. The highest BCUT2D eigenvalue weighted by atomic mass is 16.6. The zero-order valence-corrected chi connectivity index (χ0v) is 51.3. The Balaban J connectivity index is 0.000000707. The molecule has 4 rings (SSSR count). The number of hydrogen-bond donors (Lipinski definition) is 13. The minimum absolute atomic E-state index is 0.00813. The summed E-state index contributed by atoms with van der Waals surface area (Å²) in [5.74, 6) is -7.24. The second kappa shape index (κ2) is 36.7. The summed E-state index contributed by atoms with van der Waals surface area (Å²) in [4.78, 5) is 121. The molecule has 478 valence electrons. The molecule has 25 nitrogen and oxygen atoms in total. The smallest absolute Gasteiger partial charge is 0.408 e. The number of aromatic hydroxyl groups is 4. The maximum absolute atomic E-state index is 13.2. The van der Waals surface area contributed by atoms with Crippen LogP contribution in [0.1, 0.15) is 111 Å². The summed E-state index contributed by atoms with van der Waals surface area (Å²) >= 11 is 0. The molecule has 0 fully saturated rings. The fourth-order valence-corrected chi connectivity index (χ4v) is 7.65. The SMILES string of the molecule is CC(C)(C)OC(=O)N[C@@H](Cc1ccc(O)cc1)C(=O)O.CN.C[C@H](CC(=O)[C@H](C)NC(=O)[C@@H](CC(=O)OC(C)(C)C)Cc1ccc(O)cc1)C(=O)N[C@@H](Cc1ccc(O)cc1)C(N)=O.C[C@H](N)C(=O)C[C@@H](C)C(=O)N[C@@H](Cc1ccc(O)cc1)C(N)=O. The summed E-state index contributed by atoms with van der Waals surface area (Å²) in [5, 5.41) is 56.6. The molecule has 6 amide bonds. The molecule has 8 atom stereocenters. The number of phenolic OH excluding ortho intramolecular Hbond substituents is 4. The summed E-state index contributed by atoms with van der Waals surface area (Å²) in [7, 11) is 1.50. The Morgan fingerprint density at radius 1 is 0.448 bits per heavy atom. The summed E-state index contributed by atoms with van der Waals surface area (Å²) in [6.45, 7) is 16.4. The predicted molar refractivity (Wildman–Crippen MR) is 323 cm³/mol. The van der Waals surface area contributed by atoms with Gasteiger partial charge in [-0.1, -0.05) is 62.4 Å². The number of Topliss-reactive ketones (excluding diaryl/α,β-unsaturated/α-hetero) is 2. The van der Waals surface area contributed by atoms with E-state index in [4.69, 9.17) is 36.9 Å². The van der Waals surface area contributed by atoms with Crippen LogP contribution in [0.2, 0.25) is 0 Å². The molecule has 0 bridgehead atoms. The van der Waals surface area contributed by atoms with Crippen LogP contribution < -0.4 is 44.2 Å². The summed E-state index contributed by atoms with van der Waals surface area (Å²) in [6.07, 6.45) is -0.622. The maximum atomic E-state index is 13.2. The average Bonchev–Trinajstić information content (AvgIpc) is 3.63. The summed E-state index contributed by atoms with van der Waals surface area (Å²) in [5.41, 5.74) is 22.1. The molecule has 0 aliphatic heterocycles. The molecule has 17 N–H and O–H groups in total. The third-order valence-corrected chi connectivity index (χ3v) is 12.3. The fraction of sp³-hybridized carbons (Fsp3) is 0.452. The number of carboxylic acid groups (broad SMARTS) is 1. The molecule has 0 saturated carbocycles. The topological polar surface area (TPSA) is 443 Å². The number of carboxylic acids is 1. The normalized spacial score (nSPS) is 13.6. The standard InChI is InChI=1S/C31H41N3O8.C16H23N3O4.C14H19NO5.CH5N/c1-18(29(40)34-25(28(32)39)16-21-8-12-24(36)13-9-21)14-26(37)19(2)33-30(41)22(17-27(38)42-31(3,4)5)15-20-6-10-23(35)11-7-20;1-9(7-14(21)10(2)17)16(23)19-13(15(18)22)8-11-3-5-12(20)6-4-11;1-14(2,3)20-13(19)15-11(12(17)18)8-9-4-6-10(16)7-5-9;1-2/h6-13,18-19,22,25,35-36H,14-17H2,1-5H3,(H2,32,39)(H,33,41)(H,34,40);3-6,9-10,13,20H,7-8,17H2,1-2H3,(H2,18,22)(H,19,23);4-7,11,16H,8H2,1-3H3,(H,15,19)(H,17,18);2H2,1H3/t18-,19+,22-,25+;9-,10+,13+;11-;/m110./s1. The van der Waals surface area contributed by atoms with E-state index in [-0.39, 0.29) is 73.7 Å². The Bertz CT molecular complexity index is 2890. The minimum atomic E-state index is -1.15. The molecule has 0 heterocycles. The number of rotatable bonds is 26. The van der Waals surface area contributed by atoms with Crippen molar-refractivity contribution in [3.63, 3.8) is 0 Å². The van der Waals surface area contributed by atoms with Gasteiger partial charge < -0.3 is 79.2 Å². The van der Waals surface area contributed by atoms with Crippen LogP contribution in [0.15, 0.2) is 97.1 Å². The first-order chi connectivity index (χ1) is 40.4. The Hall–Kier alpha value is -9.10. The van der Waals surface area contributed by atoms with Crippen LogP contribution in [-0.2, 0) is 78.3 Å². The van der Waals surface area contributed by atoms with E-state index in [9.17, 15) is 63.3 Å². The maximum Gasteiger partial charge on any atom is 0.408 e. The molecule has 0 unspecified atom stereocenters. The molecule has 0 radical (unpaired) electrons. The quantitative estimate of drug-likeness (QED) is 0.0399. The highest BCUT2D eigenvalue weighted by Gasteiger charge is 2.31. The van der Waals surface area contributed by atoms with E-state index in [0.717, 1.165) is 5.56 Å². The highest BCUT2D eigenvalue weighted by Crippen LogP contribution is 2.21. The number of ketones is 2. The zero-order valence-electron chi connectivity index (χ0n) is 51.3. The molecule has 0 spiro atoms. The number of nitrogens with one attached hydrogen (secondary N) is 4. The van der Waals surface area contributed by atoms with Crippen LogP contribution in [0.5, 0.6) is 23.0 Å². The van der Waals surface area contributed by atoms with Crippen molar-refractivity contribution in [2.45, 2.75) is 156 Å². The molecule has 87 heavy (non-hydrogen) atoms. The molecule has 0 aliphatic carbocycles. The number of esters is 1. The fourth-order valence-electron chi connectivity index (χ4n) is 7.65. The lowest BCUT2D eigenvalue weighted by Crippen LogP contribution is -2.48. The number of aliphatic carboxylic acids is 1. The first kappa shape index (κ1) is 75.9. The van der Waals surface area contributed by atoms with E-state index < -0.39 is 113 Å². The van der Waals surface area contributed by atoms with Crippen LogP contribution in [0, 0.1) is 17.8 Å². The minimum Gasteiger partial charge on any atom is -0.508 e. The third kappa shape index (κ3) is 31.6. The van der Waals surface area contributed by atoms with Crippen LogP contribution in [-0.4, -0.2) is 133 Å². The molecular formula is C62H88N8O17. The van der Waals surface area contributed by atoms with Gasteiger partial charge >= 0.3 is 18.0 Å². The predicted octanol–water partition coefficient (Wildman–Crippen LogP) is 3.64. The van der Waals surface area contributed by atoms with Crippen LogP contribution in [0.3, 0.4) is 0 Å². The molecule has 0 aromatic heterocycles. The largest absolute Gasteiger partial charge is 0.508 e. The number of carbonyl (C=O) groups is 10. The van der Waals surface area contributed by atoms with Gasteiger partial charge in [0.05, 0.1) is 24.4 Å². The first-order valence-corrected chi connectivity index (χ1v) is 27.9. The molecule has 4 aromatic carbocycles. The number of alkyl carbamates (subject to hydrolysis) is 1. The van der Waals surface area contributed by atoms with Gasteiger partial charge in [-0.25, -0.2) is 9.59 Å². The number of primary amides is 2. The van der Waals surface area contributed by atoms with Gasteiger partial charge in [-0.05, 0) is 140 Å². The Kier molecular flexibility index (Phi) is 32.0. The van der Waals surface area contributed by atoms with Gasteiger partial charge in [0, 0.05) is 43.9 Å². The van der Waals surface area contributed by atoms with Gasteiger partial charge in [0.2, 0.25) is 29.5 Å². The van der Waals surface area contributed by atoms with Crippen molar-refractivity contribution in [1.29, 1.82) is 0 Å². The number of carbonyl (C=O) groups excluding carboxylic acids is 9. The number of phenols is 4. The molecule has 0 saturated heterocycles. The van der Waals surface area contributed by atoms with E-state index in [1.54, 1.807) is 104 Å². The van der Waals surface area contributed by atoms with Crippen molar-refractivity contribution in [3.05, 3.63) is 119 Å². The lowest BCUT2D eigenvalue weighted by molar-refractivity contribution is -0.157. The Morgan fingerprint density at radius 2 is 0.770 bits per heavy atom. The van der Waals surface area contributed by atoms with Gasteiger partial charge in [0.25, 0.3) is 0 Å². The van der Waals surface area contributed by atoms with Gasteiger partial charge in [0.15, 0.2) is 5.78 Å². The third-order valence-electron chi connectivity index (χ3n) is 12.3. The zero-order chi connectivity index (χ0) is 66.5. The second-order valence-electron chi connectivity index (χ2n) is 22.6. The van der Waals surface area contributed by atoms with Gasteiger partial charge in [0.1, 0.15) is 58.1 Å². The van der Waals surface area contributed by atoms with Crippen LogP contribution >= 0.6 is 0 Å². The van der Waals surface area contributed by atoms with Crippen molar-refractivity contribution >= 4 is 59.1 Å². The highest BCUT2D eigenvalue weighted by molar-refractivity contribution is 5.95. The lowest BCUT2D eigenvalue weighted by atomic mass is 9.94. The van der Waals surface area contributed by atoms with Gasteiger partial charge in [-0.15, -0.1) is 0 Å². The van der Waals surface area contributed by atoms with Crippen molar-refractivity contribution < 1.29 is 83.0 Å². The van der Waals surface area contributed by atoms with Crippen molar-refractivity contribution in [1.82, 2.24) is 21.3 Å². The van der Waals surface area contributed by atoms with Crippen molar-refractivity contribution in [3.8, 4) is 23.0 Å². The monoisotopic (exact) mass is 1220 g/mol. The first-order valence-electron chi connectivity index (χ1n) is 27.9. The van der Waals surface area contributed by atoms with Crippen molar-refractivity contribution in [2.24, 2.45) is 40.7 Å². The van der Waals surface area contributed by atoms with Crippen LogP contribution in [0.4, 0.5) is 4.79 Å². The van der Waals surface area contributed by atoms with Crippen molar-refractivity contribution in [2.75, 3.05) is 7.05 Å². The number of hydrogen-bond acceptors (Lipinski definition) is 18. The number of nitrogens with two attached hydrogens (primary N) is 4. The number of benzene rings is 4. The number of amides is 6. The Labute approximate surface area is 507 Å². The van der Waals surface area contributed by atoms with Crippen LogP contribution in [0.25, 0.3) is 0 Å². The lowest BCUT2D eigenvalue weighted by Gasteiger charge is -2.23. The van der Waals surface area contributed by atoms with E-state index in [0.29, 0.717) is 16.7 Å².